The molecule has 0 radical (unpaired) electrons. The van der Waals surface area contributed by atoms with Crippen LogP contribution in [0, 0.1) is 0 Å². The molecule has 0 aliphatic heterocycles. The summed E-state index contributed by atoms with van der Waals surface area (Å²) in [5.74, 6) is 0.474. The van der Waals surface area contributed by atoms with Gasteiger partial charge in [0.1, 0.15) is 5.52 Å². The molecule has 0 saturated carbocycles. The summed E-state index contributed by atoms with van der Waals surface area (Å²) in [4.78, 5) is 15.6. The van der Waals surface area contributed by atoms with E-state index in [1.807, 2.05) is 24.3 Å². The van der Waals surface area contributed by atoms with Gasteiger partial charge < -0.3 is 9.73 Å². The number of aromatic nitrogens is 1. The molecular formula is C19H20N2O2. The lowest BCUT2D eigenvalue weighted by molar-refractivity contribution is -0.114. The molecule has 3 aromatic rings. The molecule has 1 heterocycles. The highest BCUT2D eigenvalue weighted by Gasteiger charge is 2.14. The second-order valence-electron chi connectivity index (χ2n) is 6.71. The first-order valence-corrected chi connectivity index (χ1v) is 7.62. The van der Waals surface area contributed by atoms with Crippen molar-refractivity contribution in [2.24, 2.45) is 0 Å². The van der Waals surface area contributed by atoms with Gasteiger partial charge in [0.15, 0.2) is 5.58 Å². The standard InChI is InChI=1S/C19H20N2O2/c1-12(22)20-15-9-10-16-17(11-15)23-18(21-16)13-5-7-14(8-6-13)19(2,3)4/h5-11H,1-4H3,(H,20,22). The number of anilines is 1. The molecule has 0 bridgehead atoms. The van der Waals surface area contributed by atoms with E-state index in [9.17, 15) is 4.79 Å². The fourth-order valence-corrected chi connectivity index (χ4v) is 2.44. The van der Waals surface area contributed by atoms with Gasteiger partial charge in [-0.25, -0.2) is 4.98 Å². The van der Waals surface area contributed by atoms with E-state index in [1.165, 1.54) is 12.5 Å². The summed E-state index contributed by atoms with van der Waals surface area (Å²) >= 11 is 0. The molecule has 118 valence electrons. The molecule has 0 aliphatic carbocycles. The number of carbonyl (C=O) groups is 1. The van der Waals surface area contributed by atoms with E-state index in [4.69, 9.17) is 4.42 Å². The third-order valence-electron chi connectivity index (χ3n) is 3.71. The highest BCUT2D eigenvalue weighted by Crippen LogP contribution is 2.29. The third kappa shape index (κ3) is 3.26. The molecule has 3 rings (SSSR count). The Kier molecular flexibility index (Phi) is 3.68. The molecule has 0 spiro atoms. The maximum absolute atomic E-state index is 11.1. The van der Waals surface area contributed by atoms with Gasteiger partial charge in [0.05, 0.1) is 0 Å². The van der Waals surface area contributed by atoms with Crippen molar-refractivity contribution in [1.29, 1.82) is 0 Å². The lowest BCUT2D eigenvalue weighted by atomic mass is 9.87. The van der Waals surface area contributed by atoms with Crippen LogP contribution in [0.25, 0.3) is 22.6 Å². The summed E-state index contributed by atoms with van der Waals surface area (Å²) in [6.45, 7) is 8.04. The Morgan fingerprint density at radius 2 is 1.78 bits per heavy atom. The van der Waals surface area contributed by atoms with Gasteiger partial charge in [0, 0.05) is 24.2 Å². The van der Waals surface area contributed by atoms with Gasteiger partial charge >= 0.3 is 0 Å². The Hall–Kier alpha value is -2.62. The summed E-state index contributed by atoms with van der Waals surface area (Å²) < 4.78 is 5.84. The van der Waals surface area contributed by atoms with E-state index in [1.54, 1.807) is 6.07 Å². The van der Waals surface area contributed by atoms with Gasteiger partial charge in [-0.3, -0.25) is 4.79 Å². The molecular weight excluding hydrogens is 288 g/mol. The predicted molar refractivity (Wildman–Crippen MR) is 92.4 cm³/mol. The third-order valence-corrected chi connectivity index (χ3v) is 3.71. The summed E-state index contributed by atoms with van der Waals surface area (Å²) in [6, 6.07) is 13.7. The fraction of sp³-hybridized carbons (Fsp3) is 0.263. The maximum Gasteiger partial charge on any atom is 0.227 e. The summed E-state index contributed by atoms with van der Waals surface area (Å²) in [7, 11) is 0. The quantitative estimate of drug-likeness (QED) is 0.743. The van der Waals surface area contributed by atoms with Crippen LogP contribution in [0.1, 0.15) is 33.3 Å². The summed E-state index contributed by atoms with van der Waals surface area (Å²) in [6.07, 6.45) is 0. The minimum atomic E-state index is -0.109. The topological polar surface area (TPSA) is 55.1 Å². The molecule has 4 nitrogen and oxygen atoms in total. The van der Waals surface area contributed by atoms with Gasteiger partial charge in [-0.1, -0.05) is 32.9 Å². The summed E-state index contributed by atoms with van der Waals surface area (Å²) in [5, 5.41) is 2.74. The normalized spacial score (nSPS) is 11.7. The average molecular weight is 308 g/mol. The van der Waals surface area contributed by atoms with Crippen LogP contribution in [0.3, 0.4) is 0 Å². The van der Waals surface area contributed by atoms with Crippen LogP contribution in [-0.4, -0.2) is 10.9 Å². The molecule has 0 aliphatic rings. The van der Waals surface area contributed by atoms with Crippen LogP contribution in [-0.2, 0) is 10.2 Å². The highest BCUT2D eigenvalue weighted by atomic mass is 16.3. The first kappa shape index (κ1) is 15.3. The van der Waals surface area contributed by atoms with E-state index >= 15 is 0 Å². The van der Waals surface area contributed by atoms with Crippen LogP contribution < -0.4 is 5.32 Å². The zero-order chi connectivity index (χ0) is 16.6. The van der Waals surface area contributed by atoms with Crippen LogP contribution in [0.15, 0.2) is 46.9 Å². The maximum atomic E-state index is 11.1. The van der Waals surface area contributed by atoms with Crippen molar-refractivity contribution in [3.8, 4) is 11.5 Å². The minimum absolute atomic E-state index is 0.109. The van der Waals surface area contributed by atoms with Crippen molar-refractivity contribution in [2.45, 2.75) is 33.1 Å². The van der Waals surface area contributed by atoms with Crippen molar-refractivity contribution in [1.82, 2.24) is 4.98 Å². The molecule has 1 N–H and O–H groups in total. The molecule has 0 unspecified atom stereocenters. The lowest BCUT2D eigenvalue weighted by Crippen LogP contribution is -2.10. The number of nitrogens with one attached hydrogen (secondary N) is 1. The van der Waals surface area contributed by atoms with Gasteiger partial charge in [-0.05, 0) is 35.2 Å². The first-order chi connectivity index (χ1) is 10.8. The minimum Gasteiger partial charge on any atom is -0.436 e. The lowest BCUT2D eigenvalue weighted by Gasteiger charge is -2.18. The molecule has 4 heteroatoms. The molecule has 0 saturated heterocycles. The smallest absolute Gasteiger partial charge is 0.227 e. The average Bonchev–Trinajstić information content (AvgIpc) is 2.89. The van der Waals surface area contributed by atoms with E-state index in [0.717, 1.165) is 11.1 Å². The fourth-order valence-electron chi connectivity index (χ4n) is 2.44. The van der Waals surface area contributed by atoms with E-state index in [2.05, 4.69) is 43.2 Å². The van der Waals surface area contributed by atoms with Crippen molar-refractivity contribution < 1.29 is 9.21 Å². The van der Waals surface area contributed by atoms with Crippen LogP contribution in [0.5, 0.6) is 0 Å². The number of carbonyl (C=O) groups excluding carboxylic acids is 1. The van der Waals surface area contributed by atoms with E-state index < -0.39 is 0 Å². The van der Waals surface area contributed by atoms with Crippen molar-refractivity contribution in [3.63, 3.8) is 0 Å². The SMILES string of the molecule is CC(=O)Nc1ccc2nc(-c3ccc(C(C)(C)C)cc3)oc2c1. The molecule has 2 aromatic carbocycles. The van der Waals surface area contributed by atoms with Crippen LogP contribution in [0.4, 0.5) is 5.69 Å². The Morgan fingerprint density at radius 3 is 2.39 bits per heavy atom. The molecule has 0 fully saturated rings. The van der Waals surface area contributed by atoms with Crippen molar-refractivity contribution in [3.05, 3.63) is 48.0 Å². The van der Waals surface area contributed by atoms with Crippen molar-refractivity contribution in [2.75, 3.05) is 5.32 Å². The Bertz CT molecular complexity index is 855. The Morgan fingerprint density at radius 1 is 1.09 bits per heavy atom. The second kappa shape index (κ2) is 5.54. The highest BCUT2D eigenvalue weighted by molar-refractivity contribution is 5.91. The number of benzene rings is 2. The molecule has 0 atom stereocenters. The number of fused-ring (bicyclic) bond motifs is 1. The summed E-state index contributed by atoms with van der Waals surface area (Å²) in [5.41, 5.74) is 4.46. The number of rotatable bonds is 2. The van der Waals surface area contributed by atoms with Crippen LogP contribution >= 0.6 is 0 Å². The second-order valence-corrected chi connectivity index (χ2v) is 6.71. The van der Waals surface area contributed by atoms with Gasteiger partial charge in [-0.2, -0.15) is 0 Å². The van der Waals surface area contributed by atoms with E-state index in [0.29, 0.717) is 17.2 Å². The Balaban J connectivity index is 1.95. The first-order valence-electron chi connectivity index (χ1n) is 7.62. The zero-order valence-electron chi connectivity index (χ0n) is 13.8. The molecule has 23 heavy (non-hydrogen) atoms. The number of hydrogen-bond acceptors (Lipinski definition) is 3. The van der Waals surface area contributed by atoms with Crippen molar-refractivity contribution >= 4 is 22.7 Å². The zero-order valence-corrected chi connectivity index (χ0v) is 13.8. The predicted octanol–water partition coefficient (Wildman–Crippen LogP) is 4.75. The monoisotopic (exact) mass is 308 g/mol. The Labute approximate surface area is 135 Å². The van der Waals surface area contributed by atoms with Gasteiger partial charge in [0.2, 0.25) is 11.8 Å². The molecule has 1 aromatic heterocycles. The largest absolute Gasteiger partial charge is 0.436 e. The number of amides is 1. The number of nitrogens with zero attached hydrogens (tertiary/aromatic N) is 1. The van der Waals surface area contributed by atoms with E-state index in [-0.39, 0.29) is 11.3 Å². The van der Waals surface area contributed by atoms with Gasteiger partial charge in [0.25, 0.3) is 0 Å². The van der Waals surface area contributed by atoms with Crippen LogP contribution in [0.2, 0.25) is 0 Å². The van der Waals surface area contributed by atoms with Gasteiger partial charge in [-0.15, -0.1) is 0 Å². The molecule has 1 amide bonds. The number of hydrogen-bond donors (Lipinski definition) is 1. The number of oxazole rings is 1.